The zero-order valence-electron chi connectivity index (χ0n) is 19.6. The number of hydrogen-bond acceptors (Lipinski definition) is 6. The molecule has 8 nitrogen and oxygen atoms in total. The number of carbonyl (C=O) groups excluding carboxylic acids is 2. The first kappa shape index (κ1) is 24.5. The minimum atomic E-state index is -0.544. The molecule has 1 atom stereocenters. The number of likely N-dealkylation sites (N-methyl/N-ethyl adjacent to an activating group) is 2. The van der Waals surface area contributed by atoms with Crippen molar-refractivity contribution < 1.29 is 9.59 Å². The van der Waals surface area contributed by atoms with Gasteiger partial charge in [0.1, 0.15) is 6.04 Å². The second kappa shape index (κ2) is 12.2. The first-order valence-electron chi connectivity index (χ1n) is 11.4. The Balaban J connectivity index is 1.66. The lowest BCUT2D eigenvalue weighted by Gasteiger charge is -2.35. The number of benzene rings is 1. The highest BCUT2D eigenvalue weighted by atomic mass is 16.2. The molecular formula is C25H34N6O2. The molecular weight excluding hydrogens is 416 g/mol. The summed E-state index contributed by atoms with van der Waals surface area (Å²) in [6.07, 6.45) is 8.20. The molecule has 1 aromatic heterocycles. The second-order valence-electron chi connectivity index (χ2n) is 8.52. The van der Waals surface area contributed by atoms with Crippen molar-refractivity contribution in [2.24, 2.45) is 0 Å². The third kappa shape index (κ3) is 7.20. The summed E-state index contributed by atoms with van der Waals surface area (Å²) in [5.41, 5.74) is 2.15. The van der Waals surface area contributed by atoms with Gasteiger partial charge in [0, 0.05) is 56.2 Å². The number of aromatic nitrogens is 2. The summed E-state index contributed by atoms with van der Waals surface area (Å²) < 4.78 is 0. The Kier molecular flexibility index (Phi) is 9.09. The molecule has 176 valence electrons. The highest BCUT2D eigenvalue weighted by Crippen LogP contribution is 2.16. The van der Waals surface area contributed by atoms with Gasteiger partial charge in [-0.15, -0.1) is 6.58 Å². The fourth-order valence-electron chi connectivity index (χ4n) is 3.86. The van der Waals surface area contributed by atoms with E-state index in [1.807, 2.05) is 30.2 Å². The van der Waals surface area contributed by atoms with Crippen LogP contribution in [0.2, 0.25) is 0 Å². The van der Waals surface area contributed by atoms with Crippen molar-refractivity contribution in [3.63, 3.8) is 0 Å². The van der Waals surface area contributed by atoms with Crippen molar-refractivity contribution in [3.05, 3.63) is 61.1 Å². The molecule has 1 aliphatic heterocycles. The fourth-order valence-corrected chi connectivity index (χ4v) is 3.86. The van der Waals surface area contributed by atoms with Gasteiger partial charge < -0.3 is 20.0 Å². The number of amides is 2. The second-order valence-corrected chi connectivity index (χ2v) is 8.52. The van der Waals surface area contributed by atoms with E-state index in [2.05, 4.69) is 38.7 Å². The average molecular weight is 451 g/mol. The van der Waals surface area contributed by atoms with E-state index in [0.29, 0.717) is 25.1 Å². The van der Waals surface area contributed by atoms with Crippen LogP contribution in [0.5, 0.6) is 0 Å². The smallest absolute Gasteiger partial charge is 0.251 e. The van der Waals surface area contributed by atoms with Crippen LogP contribution in [-0.4, -0.2) is 95.9 Å². The van der Waals surface area contributed by atoms with Gasteiger partial charge in [-0.2, -0.15) is 0 Å². The van der Waals surface area contributed by atoms with E-state index in [1.165, 1.54) is 0 Å². The summed E-state index contributed by atoms with van der Waals surface area (Å²) in [6.45, 7) is 8.46. The number of hydrogen-bond donors (Lipinski definition) is 1. The van der Waals surface area contributed by atoms with Crippen LogP contribution in [0.4, 0.5) is 0 Å². The third-order valence-corrected chi connectivity index (χ3v) is 5.90. The van der Waals surface area contributed by atoms with E-state index in [-0.39, 0.29) is 11.8 Å². The molecule has 0 radical (unpaired) electrons. The van der Waals surface area contributed by atoms with Crippen LogP contribution < -0.4 is 5.32 Å². The van der Waals surface area contributed by atoms with E-state index in [1.54, 1.807) is 30.7 Å². The molecule has 0 saturated carbocycles. The monoisotopic (exact) mass is 450 g/mol. The average Bonchev–Trinajstić information content (AvgIpc) is 2.84. The molecule has 0 unspecified atom stereocenters. The molecule has 0 bridgehead atoms. The molecule has 8 heteroatoms. The number of carbonyl (C=O) groups is 2. The van der Waals surface area contributed by atoms with Gasteiger partial charge in [0.15, 0.2) is 0 Å². The Bertz CT molecular complexity index is 910. The van der Waals surface area contributed by atoms with Crippen molar-refractivity contribution in [1.29, 1.82) is 0 Å². The predicted octanol–water partition coefficient (Wildman–Crippen LogP) is 1.91. The SMILES string of the molecule is C=CCN(C)CCC[C@H](NC(=O)c1ccc(-c2cnccn2)cc1)C(=O)N1CCN(C)CC1. The van der Waals surface area contributed by atoms with Gasteiger partial charge in [0.05, 0.1) is 11.9 Å². The first-order chi connectivity index (χ1) is 16.0. The minimum absolute atomic E-state index is 0.000922. The standard InChI is InChI=1S/C25H34N6O2/c1-4-13-29(2)14-5-6-22(25(33)31-17-15-30(3)16-18-31)28-24(32)21-9-7-20(8-10-21)23-19-26-11-12-27-23/h4,7-12,19,22H,1,5-6,13-18H2,2-3H3,(H,28,32)/t22-/m0/s1. The molecule has 1 aromatic carbocycles. The Labute approximate surface area is 196 Å². The van der Waals surface area contributed by atoms with Gasteiger partial charge in [0.25, 0.3) is 5.91 Å². The highest BCUT2D eigenvalue weighted by molar-refractivity contribution is 5.97. The summed E-state index contributed by atoms with van der Waals surface area (Å²) >= 11 is 0. The topological polar surface area (TPSA) is 81.7 Å². The molecule has 0 spiro atoms. The van der Waals surface area contributed by atoms with Crippen LogP contribution >= 0.6 is 0 Å². The molecule has 2 aromatic rings. The quantitative estimate of drug-likeness (QED) is 0.557. The summed E-state index contributed by atoms with van der Waals surface area (Å²) in [5.74, 6) is -0.244. The Hall–Kier alpha value is -3.10. The van der Waals surface area contributed by atoms with Gasteiger partial charge in [0.2, 0.25) is 5.91 Å². The number of piperazine rings is 1. The lowest BCUT2D eigenvalue weighted by Crippen LogP contribution is -2.54. The van der Waals surface area contributed by atoms with Crippen LogP contribution in [0.15, 0.2) is 55.5 Å². The van der Waals surface area contributed by atoms with E-state index in [0.717, 1.165) is 43.9 Å². The van der Waals surface area contributed by atoms with E-state index < -0.39 is 6.04 Å². The van der Waals surface area contributed by atoms with Crippen molar-refractivity contribution >= 4 is 11.8 Å². The van der Waals surface area contributed by atoms with Crippen LogP contribution in [0.1, 0.15) is 23.2 Å². The molecule has 1 saturated heterocycles. The summed E-state index contributed by atoms with van der Waals surface area (Å²) in [6, 6.07) is 6.67. The maximum absolute atomic E-state index is 13.3. The first-order valence-corrected chi connectivity index (χ1v) is 11.4. The van der Waals surface area contributed by atoms with Gasteiger partial charge >= 0.3 is 0 Å². The van der Waals surface area contributed by atoms with Crippen LogP contribution in [0.25, 0.3) is 11.3 Å². The van der Waals surface area contributed by atoms with Crippen molar-refractivity contribution in [3.8, 4) is 11.3 Å². The molecule has 0 aliphatic carbocycles. The minimum Gasteiger partial charge on any atom is -0.340 e. The van der Waals surface area contributed by atoms with Crippen LogP contribution in [0, 0.1) is 0 Å². The zero-order valence-corrected chi connectivity index (χ0v) is 19.6. The largest absolute Gasteiger partial charge is 0.340 e. The molecule has 1 aliphatic rings. The maximum Gasteiger partial charge on any atom is 0.251 e. The Morgan fingerprint density at radius 2 is 1.91 bits per heavy atom. The molecule has 1 N–H and O–H groups in total. The van der Waals surface area contributed by atoms with Crippen molar-refractivity contribution in [2.75, 3.05) is 53.4 Å². The number of nitrogens with one attached hydrogen (secondary N) is 1. The predicted molar refractivity (Wildman–Crippen MR) is 130 cm³/mol. The van der Waals surface area contributed by atoms with E-state index in [9.17, 15) is 9.59 Å². The third-order valence-electron chi connectivity index (χ3n) is 5.90. The normalized spacial score (nSPS) is 15.3. The Morgan fingerprint density at radius 1 is 1.18 bits per heavy atom. The maximum atomic E-state index is 13.3. The van der Waals surface area contributed by atoms with Crippen LogP contribution in [0.3, 0.4) is 0 Å². The van der Waals surface area contributed by atoms with Crippen molar-refractivity contribution in [1.82, 2.24) is 30.0 Å². The van der Waals surface area contributed by atoms with Gasteiger partial charge in [-0.25, -0.2) is 0 Å². The highest BCUT2D eigenvalue weighted by Gasteiger charge is 2.28. The lowest BCUT2D eigenvalue weighted by atomic mass is 10.1. The van der Waals surface area contributed by atoms with Gasteiger partial charge in [-0.05, 0) is 45.6 Å². The van der Waals surface area contributed by atoms with Crippen LogP contribution in [-0.2, 0) is 4.79 Å². The molecule has 33 heavy (non-hydrogen) atoms. The zero-order chi connectivity index (χ0) is 23.6. The lowest BCUT2D eigenvalue weighted by molar-refractivity contribution is -0.135. The van der Waals surface area contributed by atoms with E-state index in [4.69, 9.17) is 0 Å². The summed E-state index contributed by atoms with van der Waals surface area (Å²) in [4.78, 5) is 40.9. The van der Waals surface area contributed by atoms with E-state index >= 15 is 0 Å². The fraction of sp³-hybridized carbons (Fsp3) is 0.440. The summed E-state index contributed by atoms with van der Waals surface area (Å²) in [7, 11) is 4.08. The van der Waals surface area contributed by atoms with Crippen molar-refractivity contribution in [2.45, 2.75) is 18.9 Å². The van der Waals surface area contributed by atoms with Gasteiger partial charge in [-0.3, -0.25) is 19.6 Å². The van der Waals surface area contributed by atoms with Gasteiger partial charge in [-0.1, -0.05) is 18.2 Å². The number of rotatable bonds is 10. The Morgan fingerprint density at radius 3 is 2.55 bits per heavy atom. The molecule has 2 heterocycles. The molecule has 2 amide bonds. The molecule has 3 rings (SSSR count). The summed E-state index contributed by atoms with van der Waals surface area (Å²) in [5, 5.41) is 3.00. The number of nitrogens with zero attached hydrogens (tertiary/aromatic N) is 5. The molecule has 1 fully saturated rings.